The van der Waals surface area contributed by atoms with Crippen LogP contribution in [0.15, 0.2) is 53.1 Å². The molecule has 3 aromatic rings. The van der Waals surface area contributed by atoms with Gasteiger partial charge >= 0.3 is 0 Å². The van der Waals surface area contributed by atoms with Gasteiger partial charge in [0.2, 0.25) is 0 Å². The molecule has 144 valence electrons. The van der Waals surface area contributed by atoms with Gasteiger partial charge in [-0.15, -0.1) is 0 Å². The van der Waals surface area contributed by atoms with Crippen LogP contribution in [-0.2, 0) is 0 Å². The summed E-state index contributed by atoms with van der Waals surface area (Å²) in [6.07, 6.45) is 5.15. The SMILES string of the molecule is Cc1nc(Nc2cccc(NC(=O)c3ccco3)c2)cc(N2CCCCC2)n1. The van der Waals surface area contributed by atoms with Crippen molar-refractivity contribution in [3.05, 3.63) is 60.3 Å². The first-order valence-corrected chi connectivity index (χ1v) is 9.50. The number of hydrogen-bond donors (Lipinski definition) is 2. The van der Waals surface area contributed by atoms with Gasteiger partial charge in [0.1, 0.15) is 17.5 Å². The number of aryl methyl sites for hydroxylation is 1. The molecule has 4 rings (SSSR count). The molecule has 1 amide bonds. The molecule has 0 aliphatic carbocycles. The number of carbonyl (C=O) groups is 1. The van der Waals surface area contributed by atoms with Gasteiger partial charge in [-0.05, 0) is 56.5 Å². The number of nitrogens with zero attached hydrogens (tertiary/aromatic N) is 3. The molecule has 3 heterocycles. The van der Waals surface area contributed by atoms with E-state index in [1.165, 1.54) is 25.5 Å². The van der Waals surface area contributed by atoms with Gasteiger partial charge in [0.15, 0.2) is 5.76 Å². The summed E-state index contributed by atoms with van der Waals surface area (Å²) in [4.78, 5) is 23.6. The van der Waals surface area contributed by atoms with Crippen molar-refractivity contribution in [2.75, 3.05) is 28.6 Å². The highest BCUT2D eigenvalue weighted by Gasteiger charge is 2.14. The quantitative estimate of drug-likeness (QED) is 0.687. The topological polar surface area (TPSA) is 83.3 Å². The van der Waals surface area contributed by atoms with Crippen molar-refractivity contribution in [2.24, 2.45) is 0 Å². The van der Waals surface area contributed by atoms with Gasteiger partial charge in [-0.3, -0.25) is 4.79 Å². The van der Waals surface area contributed by atoms with Crippen molar-refractivity contribution in [3.8, 4) is 0 Å². The lowest BCUT2D eigenvalue weighted by Crippen LogP contribution is -2.30. The van der Waals surface area contributed by atoms with Crippen LogP contribution in [-0.4, -0.2) is 29.0 Å². The van der Waals surface area contributed by atoms with Gasteiger partial charge in [0, 0.05) is 30.5 Å². The number of amides is 1. The van der Waals surface area contributed by atoms with Gasteiger partial charge in [-0.25, -0.2) is 9.97 Å². The zero-order chi connectivity index (χ0) is 19.3. The van der Waals surface area contributed by atoms with E-state index in [-0.39, 0.29) is 11.7 Å². The summed E-state index contributed by atoms with van der Waals surface area (Å²) in [7, 11) is 0. The lowest BCUT2D eigenvalue weighted by atomic mass is 10.1. The van der Waals surface area contributed by atoms with Crippen molar-refractivity contribution >= 4 is 28.9 Å². The number of benzene rings is 1. The second-order valence-electron chi connectivity index (χ2n) is 6.84. The Morgan fingerprint density at radius 2 is 1.86 bits per heavy atom. The minimum atomic E-state index is -0.285. The predicted octanol–water partition coefficient (Wildman–Crippen LogP) is 4.36. The fourth-order valence-electron chi connectivity index (χ4n) is 3.32. The van der Waals surface area contributed by atoms with E-state index in [1.807, 2.05) is 37.3 Å². The lowest BCUT2D eigenvalue weighted by Gasteiger charge is -2.28. The molecule has 1 saturated heterocycles. The first-order valence-electron chi connectivity index (χ1n) is 9.50. The highest BCUT2D eigenvalue weighted by molar-refractivity contribution is 6.02. The zero-order valence-corrected chi connectivity index (χ0v) is 15.8. The fraction of sp³-hybridized carbons (Fsp3) is 0.286. The molecule has 2 aromatic heterocycles. The summed E-state index contributed by atoms with van der Waals surface area (Å²) in [5.74, 6) is 2.41. The van der Waals surface area contributed by atoms with Crippen LogP contribution in [0.3, 0.4) is 0 Å². The fourth-order valence-corrected chi connectivity index (χ4v) is 3.32. The summed E-state index contributed by atoms with van der Waals surface area (Å²) in [6, 6.07) is 12.8. The average Bonchev–Trinajstić information content (AvgIpc) is 3.23. The van der Waals surface area contributed by atoms with Crippen molar-refractivity contribution in [1.29, 1.82) is 0 Å². The second-order valence-corrected chi connectivity index (χ2v) is 6.84. The molecule has 7 nitrogen and oxygen atoms in total. The Morgan fingerprint density at radius 1 is 1.04 bits per heavy atom. The monoisotopic (exact) mass is 377 g/mol. The van der Waals surface area contributed by atoms with Crippen LogP contribution in [0.1, 0.15) is 35.6 Å². The molecule has 1 fully saturated rings. The number of piperidine rings is 1. The lowest BCUT2D eigenvalue weighted by molar-refractivity contribution is 0.0996. The number of carbonyl (C=O) groups excluding carboxylic acids is 1. The van der Waals surface area contributed by atoms with E-state index in [0.29, 0.717) is 5.69 Å². The van der Waals surface area contributed by atoms with Crippen molar-refractivity contribution in [3.63, 3.8) is 0 Å². The average molecular weight is 377 g/mol. The van der Waals surface area contributed by atoms with Crippen LogP contribution < -0.4 is 15.5 Å². The van der Waals surface area contributed by atoms with Gasteiger partial charge in [-0.1, -0.05) is 6.07 Å². The Kier molecular flexibility index (Phi) is 5.23. The Labute approximate surface area is 163 Å². The second kappa shape index (κ2) is 8.12. The summed E-state index contributed by atoms with van der Waals surface area (Å²) in [5, 5.41) is 6.15. The number of nitrogens with one attached hydrogen (secondary N) is 2. The number of aromatic nitrogens is 2. The molecule has 0 saturated carbocycles. The molecule has 1 aliphatic rings. The van der Waals surface area contributed by atoms with E-state index in [4.69, 9.17) is 4.42 Å². The van der Waals surface area contributed by atoms with E-state index in [9.17, 15) is 4.79 Å². The third-order valence-electron chi connectivity index (χ3n) is 4.64. The third kappa shape index (κ3) is 4.31. The van der Waals surface area contributed by atoms with Crippen LogP contribution in [0, 0.1) is 6.92 Å². The maximum absolute atomic E-state index is 12.2. The highest BCUT2D eigenvalue weighted by atomic mass is 16.3. The highest BCUT2D eigenvalue weighted by Crippen LogP contribution is 2.24. The summed E-state index contributed by atoms with van der Waals surface area (Å²) < 4.78 is 5.13. The molecule has 1 aromatic carbocycles. The number of anilines is 4. The van der Waals surface area contributed by atoms with Crippen LogP contribution in [0.2, 0.25) is 0 Å². The first-order chi connectivity index (χ1) is 13.7. The summed E-state index contributed by atoms with van der Waals surface area (Å²) >= 11 is 0. The molecule has 1 aliphatic heterocycles. The molecule has 7 heteroatoms. The van der Waals surface area contributed by atoms with Gasteiger partial charge < -0.3 is 20.0 Å². The zero-order valence-electron chi connectivity index (χ0n) is 15.8. The Bertz CT molecular complexity index is 949. The maximum Gasteiger partial charge on any atom is 0.291 e. The van der Waals surface area contributed by atoms with Crippen molar-refractivity contribution in [1.82, 2.24) is 9.97 Å². The summed E-state index contributed by atoms with van der Waals surface area (Å²) in [5.41, 5.74) is 1.51. The van der Waals surface area contributed by atoms with Crippen molar-refractivity contribution in [2.45, 2.75) is 26.2 Å². The molecule has 0 spiro atoms. The van der Waals surface area contributed by atoms with Crippen molar-refractivity contribution < 1.29 is 9.21 Å². The minimum absolute atomic E-state index is 0.274. The number of furan rings is 1. The maximum atomic E-state index is 12.2. The number of hydrogen-bond acceptors (Lipinski definition) is 6. The van der Waals surface area contributed by atoms with Gasteiger partial charge in [-0.2, -0.15) is 0 Å². The number of rotatable bonds is 5. The molecule has 28 heavy (non-hydrogen) atoms. The van der Waals surface area contributed by atoms with Crippen LogP contribution >= 0.6 is 0 Å². The van der Waals surface area contributed by atoms with Gasteiger partial charge in [0.25, 0.3) is 5.91 Å². The normalized spacial score (nSPS) is 14.0. The van der Waals surface area contributed by atoms with Crippen LogP contribution in [0.25, 0.3) is 0 Å². The van der Waals surface area contributed by atoms with E-state index in [0.717, 1.165) is 36.2 Å². The molecule has 2 N–H and O–H groups in total. The van der Waals surface area contributed by atoms with Crippen LogP contribution in [0.5, 0.6) is 0 Å². The van der Waals surface area contributed by atoms with Crippen LogP contribution in [0.4, 0.5) is 23.0 Å². The Morgan fingerprint density at radius 3 is 2.64 bits per heavy atom. The standard InChI is InChI=1S/C21H23N5O2/c1-15-22-19(14-20(23-15)26-10-3-2-4-11-26)24-16-7-5-8-17(13-16)25-21(27)18-9-6-12-28-18/h5-9,12-14H,2-4,10-11H2,1H3,(H,25,27)(H,22,23,24). The molecular formula is C21H23N5O2. The first kappa shape index (κ1) is 18.0. The molecule has 0 bridgehead atoms. The smallest absolute Gasteiger partial charge is 0.291 e. The largest absolute Gasteiger partial charge is 0.459 e. The molecular weight excluding hydrogens is 354 g/mol. The van der Waals surface area contributed by atoms with E-state index < -0.39 is 0 Å². The van der Waals surface area contributed by atoms with E-state index >= 15 is 0 Å². The Balaban J connectivity index is 1.49. The predicted molar refractivity (Wildman–Crippen MR) is 109 cm³/mol. The minimum Gasteiger partial charge on any atom is -0.459 e. The van der Waals surface area contributed by atoms with E-state index in [2.05, 4.69) is 25.5 Å². The molecule has 0 atom stereocenters. The summed E-state index contributed by atoms with van der Waals surface area (Å²) in [6.45, 7) is 3.97. The van der Waals surface area contributed by atoms with E-state index in [1.54, 1.807) is 12.1 Å². The third-order valence-corrected chi connectivity index (χ3v) is 4.64. The Hall–Kier alpha value is -3.35. The molecule has 0 radical (unpaired) electrons. The molecule has 0 unspecified atom stereocenters. The van der Waals surface area contributed by atoms with Gasteiger partial charge in [0.05, 0.1) is 6.26 Å².